The van der Waals surface area contributed by atoms with Gasteiger partial charge < -0.3 is 9.72 Å². The van der Waals surface area contributed by atoms with Crippen LogP contribution in [0.4, 0.5) is 8.78 Å². The molecule has 0 unspecified atom stereocenters. The molecule has 2 fully saturated rings. The largest absolute Gasteiger partial charge is 0.381 e. The lowest BCUT2D eigenvalue weighted by Gasteiger charge is -2.38. The monoisotopic (exact) mass is 528 g/mol. The minimum absolute atomic E-state index is 0.0265. The lowest BCUT2D eigenvalue weighted by atomic mass is 9.73. The van der Waals surface area contributed by atoms with Crippen molar-refractivity contribution >= 4 is 10.0 Å². The van der Waals surface area contributed by atoms with Crippen LogP contribution in [0.2, 0.25) is 0 Å². The molecule has 2 atom stereocenters. The van der Waals surface area contributed by atoms with Crippen LogP contribution in [0.5, 0.6) is 0 Å². The van der Waals surface area contributed by atoms with Crippen molar-refractivity contribution < 1.29 is 21.9 Å². The number of ether oxygens (including phenoxy) is 1. The summed E-state index contributed by atoms with van der Waals surface area (Å²) in [7, 11) is -3.86. The summed E-state index contributed by atoms with van der Waals surface area (Å²) < 4.78 is 65.5. The zero-order valence-corrected chi connectivity index (χ0v) is 21.5. The first-order valence-corrected chi connectivity index (χ1v) is 13.9. The van der Waals surface area contributed by atoms with E-state index in [4.69, 9.17) is 4.74 Å². The zero-order chi connectivity index (χ0) is 26.2. The van der Waals surface area contributed by atoms with Crippen molar-refractivity contribution in [2.75, 3.05) is 13.2 Å². The normalized spacial score (nSPS) is 23.5. The number of nitrogens with one attached hydrogen (secondary N) is 1. The quantitative estimate of drug-likeness (QED) is 0.468. The Bertz CT molecular complexity index is 1390. The van der Waals surface area contributed by atoms with E-state index in [2.05, 4.69) is 21.8 Å². The maximum Gasteiger partial charge on any atom is 0.222 e. The highest BCUT2D eigenvalue weighted by atomic mass is 32.2. The number of benzene rings is 2. The molecular weight excluding hydrogens is 498 g/mol. The molecule has 196 valence electrons. The van der Waals surface area contributed by atoms with E-state index in [9.17, 15) is 8.42 Å². The number of nitrogens with zero attached hydrogens (tertiary/aromatic N) is 3. The number of aryl methyl sites for hydroxylation is 1. The van der Waals surface area contributed by atoms with Crippen molar-refractivity contribution in [3.05, 3.63) is 95.1 Å². The van der Waals surface area contributed by atoms with Crippen molar-refractivity contribution in [2.45, 2.75) is 55.9 Å². The predicted octanol–water partition coefficient (Wildman–Crippen LogP) is 4.71. The highest BCUT2D eigenvalue weighted by Crippen LogP contribution is 2.42. The second kappa shape index (κ2) is 10.1. The minimum atomic E-state index is -3.86. The van der Waals surface area contributed by atoms with E-state index in [0.717, 1.165) is 6.07 Å². The Morgan fingerprint density at radius 2 is 1.86 bits per heavy atom. The molecule has 7 nitrogen and oxygen atoms in total. The van der Waals surface area contributed by atoms with Crippen LogP contribution in [0.1, 0.15) is 59.3 Å². The standard InChI is InChI=1S/C27H30F2N4O3S/c1-3-21-9-10-25(19-7-5-4-6-8-19)37(34,35)33(21)17-20-15-24(29)22(16-23(20)28)27(11-13-36-14-12-27)26-30-18(2)31-32-26/h3-8,15-16,21,25H,1,9-14,17H2,2H3,(H,30,31,32)/t21-,25+/m0/s1. The molecule has 2 aliphatic heterocycles. The molecule has 0 saturated carbocycles. The maximum absolute atomic E-state index is 15.8. The number of H-pyrrole nitrogens is 1. The lowest BCUT2D eigenvalue weighted by molar-refractivity contribution is 0.0593. The van der Waals surface area contributed by atoms with E-state index in [1.54, 1.807) is 37.3 Å². The Labute approximate surface area is 215 Å². The first-order chi connectivity index (χ1) is 17.8. The summed E-state index contributed by atoms with van der Waals surface area (Å²) in [5.41, 5.74) is -0.0957. The van der Waals surface area contributed by atoms with E-state index >= 15 is 8.78 Å². The van der Waals surface area contributed by atoms with Crippen LogP contribution in [0, 0.1) is 18.6 Å². The fourth-order valence-electron chi connectivity index (χ4n) is 5.58. The molecule has 3 aromatic rings. The van der Waals surface area contributed by atoms with Gasteiger partial charge in [-0.1, -0.05) is 36.4 Å². The fraction of sp³-hybridized carbons (Fsp3) is 0.407. The zero-order valence-electron chi connectivity index (χ0n) is 20.7. The predicted molar refractivity (Wildman–Crippen MR) is 135 cm³/mol. The molecule has 37 heavy (non-hydrogen) atoms. The number of sulfonamides is 1. The van der Waals surface area contributed by atoms with Crippen molar-refractivity contribution in [3.8, 4) is 0 Å². The van der Waals surface area contributed by atoms with Gasteiger partial charge in [0.25, 0.3) is 0 Å². The van der Waals surface area contributed by atoms with Gasteiger partial charge in [0.2, 0.25) is 10.0 Å². The van der Waals surface area contributed by atoms with Crippen molar-refractivity contribution in [1.82, 2.24) is 19.5 Å². The number of halogens is 2. The smallest absolute Gasteiger partial charge is 0.222 e. The summed E-state index contributed by atoms with van der Waals surface area (Å²) in [6.45, 7) is 6.00. The van der Waals surface area contributed by atoms with Crippen molar-refractivity contribution in [3.63, 3.8) is 0 Å². The first-order valence-electron chi connectivity index (χ1n) is 12.4. The SMILES string of the molecule is C=C[C@H]1CC[C@H](c2ccccc2)S(=O)(=O)N1Cc1cc(F)c(C2(c3nnc(C)[nH]3)CCOCC2)cc1F. The molecule has 0 aliphatic carbocycles. The molecule has 1 aromatic heterocycles. The summed E-state index contributed by atoms with van der Waals surface area (Å²) in [6, 6.07) is 10.8. The van der Waals surface area contributed by atoms with Crippen LogP contribution in [-0.2, 0) is 26.7 Å². The summed E-state index contributed by atoms with van der Waals surface area (Å²) >= 11 is 0. The van der Waals surface area contributed by atoms with E-state index in [-0.39, 0.29) is 17.7 Å². The molecule has 2 aromatic carbocycles. The van der Waals surface area contributed by atoms with Crippen LogP contribution in [0.15, 0.2) is 55.1 Å². The van der Waals surface area contributed by atoms with Gasteiger partial charge in [0.1, 0.15) is 28.5 Å². The molecular formula is C27H30F2N4O3S. The van der Waals surface area contributed by atoms with Crippen LogP contribution in [-0.4, -0.2) is 47.2 Å². The number of hydrogen-bond acceptors (Lipinski definition) is 5. The number of rotatable bonds is 6. The molecule has 3 heterocycles. The van der Waals surface area contributed by atoms with Crippen molar-refractivity contribution in [1.29, 1.82) is 0 Å². The van der Waals surface area contributed by atoms with E-state index in [1.807, 2.05) is 6.07 Å². The summed E-state index contributed by atoms with van der Waals surface area (Å²) in [5, 5.41) is 7.48. The van der Waals surface area contributed by atoms with Gasteiger partial charge in [-0.2, -0.15) is 4.31 Å². The highest BCUT2D eigenvalue weighted by molar-refractivity contribution is 7.89. The molecule has 0 amide bonds. The molecule has 5 rings (SSSR count). The number of aromatic amines is 1. The third-order valence-corrected chi connectivity index (χ3v) is 9.88. The topological polar surface area (TPSA) is 88.2 Å². The van der Waals surface area contributed by atoms with Crippen LogP contribution in [0.3, 0.4) is 0 Å². The second-order valence-electron chi connectivity index (χ2n) is 9.75. The molecule has 0 bridgehead atoms. The summed E-state index contributed by atoms with van der Waals surface area (Å²) in [5.74, 6) is -0.234. The van der Waals surface area contributed by atoms with Crippen LogP contribution < -0.4 is 0 Å². The van der Waals surface area contributed by atoms with E-state index in [1.165, 1.54) is 10.4 Å². The van der Waals surface area contributed by atoms with Crippen molar-refractivity contribution in [2.24, 2.45) is 0 Å². The Balaban J connectivity index is 1.51. The third kappa shape index (κ3) is 4.62. The second-order valence-corrected chi connectivity index (χ2v) is 11.8. The Hall–Kier alpha value is -2.95. The minimum Gasteiger partial charge on any atom is -0.381 e. The van der Waals surface area contributed by atoms with Crippen LogP contribution >= 0.6 is 0 Å². The first kappa shape index (κ1) is 25.7. The van der Waals surface area contributed by atoms with E-state index in [0.29, 0.717) is 56.1 Å². The molecule has 0 spiro atoms. The fourth-order valence-corrected chi connectivity index (χ4v) is 7.73. The number of hydrogen-bond donors (Lipinski definition) is 1. The third-order valence-electron chi connectivity index (χ3n) is 7.60. The average molecular weight is 529 g/mol. The van der Waals surface area contributed by atoms with Crippen LogP contribution in [0.25, 0.3) is 0 Å². The Morgan fingerprint density at radius 3 is 2.51 bits per heavy atom. The van der Waals surface area contributed by atoms with Gasteiger partial charge in [-0.25, -0.2) is 17.2 Å². The van der Waals surface area contributed by atoms with E-state index < -0.39 is 38.4 Å². The molecule has 2 aliphatic rings. The Morgan fingerprint density at radius 1 is 1.14 bits per heavy atom. The maximum atomic E-state index is 15.8. The molecule has 0 radical (unpaired) electrons. The lowest BCUT2D eigenvalue weighted by Crippen LogP contribution is -2.45. The van der Waals surface area contributed by atoms with Gasteiger partial charge in [-0.15, -0.1) is 16.8 Å². The molecule has 10 heteroatoms. The summed E-state index contributed by atoms with van der Waals surface area (Å²) in [6.07, 6.45) is 3.35. The summed E-state index contributed by atoms with van der Waals surface area (Å²) in [4.78, 5) is 3.09. The average Bonchev–Trinajstić information content (AvgIpc) is 3.34. The number of aromatic nitrogens is 3. The molecule has 2 saturated heterocycles. The van der Waals surface area contributed by atoms with Gasteiger partial charge in [0.05, 0.1) is 5.41 Å². The van der Waals surface area contributed by atoms with Gasteiger partial charge in [0.15, 0.2) is 0 Å². The Kier molecular flexibility index (Phi) is 6.99. The van der Waals surface area contributed by atoms with Gasteiger partial charge >= 0.3 is 0 Å². The highest BCUT2D eigenvalue weighted by Gasteiger charge is 2.44. The van der Waals surface area contributed by atoms with Gasteiger partial charge in [-0.3, -0.25) is 0 Å². The van der Waals surface area contributed by atoms with Gasteiger partial charge in [0, 0.05) is 36.9 Å². The van der Waals surface area contributed by atoms with Gasteiger partial charge in [-0.05, 0) is 50.3 Å². The molecule has 1 N–H and O–H groups in total.